The SMILES string of the molecule is O=c1c(-c2ccccc2)coc2cc(O)c(O)c(O)c12. The zero-order valence-corrected chi connectivity index (χ0v) is 10.2. The molecule has 3 aromatic rings. The minimum Gasteiger partial charge on any atom is -0.504 e. The molecule has 0 aliphatic carbocycles. The van der Waals surface area contributed by atoms with Crippen LogP contribution in [0.2, 0.25) is 0 Å². The topological polar surface area (TPSA) is 90.9 Å². The maximum Gasteiger partial charge on any atom is 0.204 e. The van der Waals surface area contributed by atoms with E-state index in [1.807, 2.05) is 6.07 Å². The first-order valence-electron chi connectivity index (χ1n) is 5.84. The van der Waals surface area contributed by atoms with Gasteiger partial charge in [0.25, 0.3) is 0 Å². The monoisotopic (exact) mass is 270 g/mol. The average molecular weight is 270 g/mol. The highest BCUT2D eigenvalue weighted by Gasteiger charge is 2.18. The van der Waals surface area contributed by atoms with Crippen molar-refractivity contribution in [1.82, 2.24) is 0 Å². The first-order chi connectivity index (χ1) is 9.59. The minimum absolute atomic E-state index is 0.00230. The molecular formula is C15H10O5. The Morgan fingerprint density at radius 2 is 1.65 bits per heavy atom. The normalized spacial score (nSPS) is 10.8. The van der Waals surface area contributed by atoms with E-state index < -0.39 is 22.7 Å². The second-order valence-corrected chi connectivity index (χ2v) is 4.31. The molecule has 2 aromatic carbocycles. The molecule has 0 saturated heterocycles. The lowest BCUT2D eigenvalue weighted by Crippen LogP contribution is -2.05. The summed E-state index contributed by atoms with van der Waals surface area (Å²) in [4.78, 5) is 12.4. The van der Waals surface area contributed by atoms with E-state index in [1.165, 1.54) is 6.26 Å². The third kappa shape index (κ3) is 1.68. The predicted molar refractivity (Wildman–Crippen MR) is 72.9 cm³/mol. The van der Waals surface area contributed by atoms with Gasteiger partial charge in [0.15, 0.2) is 11.5 Å². The van der Waals surface area contributed by atoms with Crippen LogP contribution < -0.4 is 5.43 Å². The largest absolute Gasteiger partial charge is 0.504 e. The fourth-order valence-electron chi connectivity index (χ4n) is 2.06. The summed E-state index contributed by atoms with van der Waals surface area (Å²) in [5.74, 6) is -1.98. The number of hydrogen-bond donors (Lipinski definition) is 3. The molecule has 0 bridgehead atoms. The van der Waals surface area contributed by atoms with Crippen LogP contribution in [-0.4, -0.2) is 15.3 Å². The summed E-state index contributed by atoms with van der Waals surface area (Å²) < 4.78 is 5.26. The minimum atomic E-state index is -0.741. The molecule has 0 aliphatic heterocycles. The Kier molecular flexibility index (Phi) is 2.61. The van der Waals surface area contributed by atoms with E-state index in [2.05, 4.69) is 0 Å². The van der Waals surface area contributed by atoms with Gasteiger partial charge in [-0.3, -0.25) is 4.79 Å². The lowest BCUT2D eigenvalue weighted by molar-refractivity contribution is 0.370. The second kappa shape index (κ2) is 4.31. The molecule has 0 atom stereocenters. The van der Waals surface area contributed by atoms with Crippen molar-refractivity contribution in [1.29, 1.82) is 0 Å². The van der Waals surface area contributed by atoms with Crippen LogP contribution in [0.25, 0.3) is 22.1 Å². The molecule has 5 nitrogen and oxygen atoms in total. The number of hydrogen-bond acceptors (Lipinski definition) is 5. The number of aromatic hydroxyl groups is 3. The van der Waals surface area contributed by atoms with Crippen molar-refractivity contribution < 1.29 is 19.7 Å². The third-order valence-electron chi connectivity index (χ3n) is 3.08. The van der Waals surface area contributed by atoms with Crippen molar-refractivity contribution in [2.24, 2.45) is 0 Å². The lowest BCUT2D eigenvalue weighted by atomic mass is 10.0. The summed E-state index contributed by atoms with van der Waals surface area (Å²) in [6.45, 7) is 0. The predicted octanol–water partition coefficient (Wildman–Crippen LogP) is 2.58. The van der Waals surface area contributed by atoms with Gasteiger partial charge in [0.2, 0.25) is 11.2 Å². The smallest absolute Gasteiger partial charge is 0.204 e. The first-order valence-corrected chi connectivity index (χ1v) is 5.84. The van der Waals surface area contributed by atoms with Crippen molar-refractivity contribution in [3.8, 4) is 28.4 Å². The van der Waals surface area contributed by atoms with Gasteiger partial charge in [-0.25, -0.2) is 0 Å². The molecule has 0 aliphatic rings. The fourth-order valence-corrected chi connectivity index (χ4v) is 2.06. The van der Waals surface area contributed by atoms with E-state index in [0.29, 0.717) is 5.56 Å². The van der Waals surface area contributed by atoms with Crippen molar-refractivity contribution in [2.75, 3.05) is 0 Å². The molecule has 0 fully saturated rings. The molecule has 5 heteroatoms. The van der Waals surface area contributed by atoms with Gasteiger partial charge in [-0.1, -0.05) is 30.3 Å². The number of phenols is 3. The maximum absolute atomic E-state index is 12.4. The van der Waals surface area contributed by atoms with Gasteiger partial charge in [-0.05, 0) is 5.56 Å². The van der Waals surface area contributed by atoms with E-state index in [0.717, 1.165) is 6.07 Å². The van der Waals surface area contributed by atoms with Crippen molar-refractivity contribution in [2.45, 2.75) is 0 Å². The molecule has 1 aromatic heterocycles. The Morgan fingerprint density at radius 3 is 2.35 bits per heavy atom. The molecule has 0 saturated carbocycles. The molecule has 0 radical (unpaired) electrons. The van der Waals surface area contributed by atoms with Crippen LogP contribution in [0.3, 0.4) is 0 Å². The molecular weight excluding hydrogens is 260 g/mol. The molecule has 3 N–H and O–H groups in total. The lowest BCUT2D eigenvalue weighted by Gasteiger charge is -2.06. The van der Waals surface area contributed by atoms with Gasteiger partial charge in [-0.15, -0.1) is 0 Å². The summed E-state index contributed by atoms with van der Waals surface area (Å²) in [6, 6.07) is 9.90. The molecule has 20 heavy (non-hydrogen) atoms. The van der Waals surface area contributed by atoms with Gasteiger partial charge >= 0.3 is 0 Å². The Hall–Kier alpha value is -2.95. The number of fused-ring (bicyclic) bond motifs is 1. The van der Waals surface area contributed by atoms with Crippen LogP contribution in [0.15, 0.2) is 51.9 Å². The van der Waals surface area contributed by atoms with Crippen LogP contribution in [0.5, 0.6) is 17.2 Å². The van der Waals surface area contributed by atoms with E-state index in [1.54, 1.807) is 24.3 Å². The van der Waals surface area contributed by atoms with E-state index in [-0.39, 0.29) is 16.5 Å². The average Bonchev–Trinajstić information content (AvgIpc) is 2.46. The van der Waals surface area contributed by atoms with Gasteiger partial charge in [0, 0.05) is 6.07 Å². The van der Waals surface area contributed by atoms with Crippen LogP contribution in [0.4, 0.5) is 0 Å². The van der Waals surface area contributed by atoms with E-state index >= 15 is 0 Å². The summed E-state index contributed by atoms with van der Waals surface area (Å²) in [6.07, 6.45) is 1.26. The standard InChI is InChI=1S/C15H10O5/c16-10-6-11-12(15(19)14(10)18)13(17)9(7-20-11)8-4-2-1-3-5-8/h1-7,16,18-19H. The molecule has 1 heterocycles. The number of rotatable bonds is 1. The van der Waals surface area contributed by atoms with Gasteiger partial charge in [-0.2, -0.15) is 0 Å². The van der Waals surface area contributed by atoms with Gasteiger partial charge < -0.3 is 19.7 Å². The van der Waals surface area contributed by atoms with Crippen molar-refractivity contribution >= 4 is 11.0 Å². The highest BCUT2D eigenvalue weighted by atomic mass is 16.3. The molecule has 3 rings (SSSR count). The fraction of sp³-hybridized carbons (Fsp3) is 0. The second-order valence-electron chi connectivity index (χ2n) is 4.31. The zero-order valence-electron chi connectivity index (χ0n) is 10.2. The molecule has 0 spiro atoms. The van der Waals surface area contributed by atoms with Gasteiger partial charge in [0.05, 0.1) is 5.56 Å². The number of benzene rings is 2. The van der Waals surface area contributed by atoms with Gasteiger partial charge in [0.1, 0.15) is 17.2 Å². The van der Waals surface area contributed by atoms with Crippen molar-refractivity contribution in [3.63, 3.8) is 0 Å². The molecule has 100 valence electrons. The maximum atomic E-state index is 12.4. The summed E-state index contributed by atoms with van der Waals surface area (Å²) in [5, 5.41) is 28.6. The van der Waals surface area contributed by atoms with Crippen LogP contribution in [0, 0.1) is 0 Å². The quantitative estimate of drug-likeness (QED) is 0.591. The van der Waals surface area contributed by atoms with Crippen LogP contribution in [0.1, 0.15) is 0 Å². The highest BCUT2D eigenvalue weighted by Crippen LogP contribution is 2.40. The number of phenolic OH excluding ortho intramolecular Hbond substituents is 3. The molecule has 0 unspecified atom stereocenters. The summed E-state index contributed by atoms with van der Waals surface area (Å²) in [5.41, 5.74) is 0.418. The Morgan fingerprint density at radius 1 is 0.950 bits per heavy atom. The van der Waals surface area contributed by atoms with Crippen LogP contribution >= 0.6 is 0 Å². The highest BCUT2D eigenvalue weighted by molar-refractivity contribution is 5.90. The van der Waals surface area contributed by atoms with E-state index in [9.17, 15) is 20.1 Å². The Labute approximate surface area is 113 Å². The summed E-state index contributed by atoms with van der Waals surface area (Å²) in [7, 11) is 0. The summed E-state index contributed by atoms with van der Waals surface area (Å²) >= 11 is 0. The Bertz CT molecular complexity index is 850. The zero-order chi connectivity index (χ0) is 14.3. The van der Waals surface area contributed by atoms with Crippen LogP contribution in [-0.2, 0) is 0 Å². The van der Waals surface area contributed by atoms with E-state index in [4.69, 9.17) is 4.42 Å². The molecule has 0 amide bonds. The Balaban J connectivity index is 2.40. The van der Waals surface area contributed by atoms with Crippen molar-refractivity contribution in [3.05, 3.63) is 52.9 Å². The first kappa shape index (κ1) is 12.1. The third-order valence-corrected chi connectivity index (χ3v) is 3.08.